The lowest BCUT2D eigenvalue weighted by Gasteiger charge is -2.21. The van der Waals surface area contributed by atoms with Gasteiger partial charge in [-0.1, -0.05) is 0 Å². The molecule has 10 heavy (non-hydrogen) atoms. The summed E-state index contributed by atoms with van der Waals surface area (Å²) in [5.74, 6) is 1.59. The minimum Gasteiger partial charge on any atom is -0.634 e. The fourth-order valence-electron chi connectivity index (χ4n) is 1.37. The standard InChI is InChI=1S/C8H15NO/c10-9(5-7-1-2-7)6-8-3-4-8/h7-9H,1-6H2. The van der Waals surface area contributed by atoms with E-state index in [1.54, 1.807) is 0 Å². The molecule has 0 aromatic heterocycles. The van der Waals surface area contributed by atoms with Crippen molar-refractivity contribution in [3.63, 3.8) is 0 Å². The number of hydrogen-bond donors (Lipinski definition) is 1. The minimum absolute atomic E-state index is 0.532. The number of hydroxylamine groups is 2. The van der Waals surface area contributed by atoms with Crippen LogP contribution in [-0.4, -0.2) is 13.1 Å². The van der Waals surface area contributed by atoms with Crippen LogP contribution in [0.2, 0.25) is 0 Å². The summed E-state index contributed by atoms with van der Waals surface area (Å²) in [6, 6.07) is 0. The van der Waals surface area contributed by atoms with E-state index in [0.717, 1.165) is 24.9 Å². The van der Waals surface area contributed by atoms with E-state index in [4.69, 9.17) is 0 Å². The molecular weight excluding hydrogens is 126 g/mol. The third kappa shape index (κ3) is 1.96. The second-order valence-electron chi connectivity index (χ2n) is 3.83. The molecule has 0 aliphatic heterocycles. The van der Waals surface area contributed by atoms with E-state index < -0.39 is 0 Å². The fourth-order valence-corrected chi connectivity index (χ4v) is 1.37. The molecule has 2 aliphatic carbocycles. The van der Waals surface area contributed by atoms with Gasteiger partial charge in [-0.3, -0.25) is 0 Å². The molecule has 2 rings (SSSR count). The minimum atomic E-state index is 0.532. The monoisotopic (exact) mass is 141 g/mol. The van der Waals surface area contributed by atoms with Gasteiger partial charge >= 0.3 is 0 Å². The van der Waals surface area contributed by atoms with Crippen LogP contribution < -0.4 is 5.06 Å². The summed E-state index contributed by atoms with van der Waals surface area (Å²) >= 11 is 0. The molecule has 2 fully saturated rings. The zero-order valence-electron chi connectivity index (χ0n) is 6.31. The number of rotatable bonds is 4. The molecule has 58 valence electrons. The highest BCUT2D eigenvalue weighted by Gasteiger charge is 2.28. The zero-order chi connectivity index (χ0) is 6.97. The first-order chi connectivity index (χ1) is 4.84. The van der Waals surface area contributed by atoms with Gasteiger partial charge in [0.2, 0.25) is 0 Å². The summed E-state index contributed by atoms with van der Waals surface area (Å²) in [5.41, 5.74) is 0. The Labute approximate surface area is 61.8 Å². The lowest BCUT2D eigenvalue weighted by molar-refractivity contribution is -0.852. The maximum absolute atomic E-state index is 11.1. The molecule has 0 aromatic carbocycles. The molecule has 2 heteroatoms. The molecule has 0 unspecified atom stereocenters. The largest absolute Gasteiger partial charge is 0.634 e. The van der Waals surface area contributed by atoms with E-state index in [1.807, 2.05) is 0 Å². The van der Waals surface area contributed by atoms with E-state index >= 15 is 0 Å². The second-order valence-corrected chi connectivity index (χ2v) is 3.83. The van der Waals surface area contributed by atoms with Crippen LogP contribution in [0, 0.1) is 17.0 Å². The quantitative estimate of drug-likeness (QED) is 0.556. The van der Waals surface area contributed by atoms with Gasteiger partial charge in [0.05, 0.1) is 13.1 Å². The molecule has 0 radical (unpaired) electrons. The summed E-state index contributed by atoms with van der Waals surface area (Å²) in [5, 5.41) is 11.7. The zero-order valence-corrected chi connectivity index (χ0v) is 6.31. The number of quaternary nitrogens is 1. The molecule has 0 bridgehead atoms. The Kier molecular flexibility index (Phi) is 1.66. The van der Waals surface area contributed by atoms with Crippen LogP contribution in [0.3, 0.4) is 0 Å². The van der Waals surface area contributed by atoms with Crippen LogP contribution in [0.1, 0.15) is 25.7 Å². The van der Waals surface area contributed by atoms with Gasteiger partial charge in [0, 0.05) is 11.8 Å². The Morgan fingerprint density at radius 3 is 1.70 bits per heavy atom. The third-order valence-electron chi connectivity index (χ3n) is 2.43. The van der Waals surface area contributed by atoms with E-state index in [1.165, 1.54) is 25.7 Å². The first kappa shape index (κ1) is 6.62. The van der Waals surface area contributed by atoms with Gasteiger partial charge in [0.15, 0.2) is 0 Å². The van der Waals surface area contributed by atoms with E-state index in [9.17, 15) is 5.21 Å². The van der Waals surface area contributed by atoms with Crippen LogP contribution in [0.5, 0.6) is 0 Å². The van der Waals surface area contributed by atoms with Crippen LogP contribution in [-0.2, 0) is 0 Å². The smallest absolute Gasteiger partial charge is 0.0796 e. The summed E-state index contributed by atoms with van der Waals surface area (Å²) in [6.07, 6.45) is 5.26. The Morgan fingerprint density at radius 2 is 1.40 bits per heavy atom. The molecule has 2 saturated carbocycles. The molecule has 0 heterocycles. The predicted molar refractivity (Wildman–Crippen MR) is 39.5 cm³/mol. The van der Waals surface area contributed by atoms with Gasteiger partial charge in [-0.15, -0.1) is 0 Å². The fraction of sp³-hybridized carbons (Fsp3) is 1.00. The van der Waals surface area contributed by atoms with Crippen molar-refractivity contribution in [1.82, 2.24) is 0 Å². The molecule has 1 N–H and O–H groups in total. The maximum atomic E-state index is 11.1. The van der Waals surface area contributed by atoms with Gasteiger partial charge in [0.1, 0.15) is 0 Å². The lowest BCUT2D eigenvalue weighted by atomic mass is 10.3. The average molecular weight is 141 g/mol. The molecular formula is C8H15NO. The maximum Gasteiger partial charge on any atom is 0.0796 e. The SMILES string of the molecule is [O-][NH+](CC1CC1)CC1CC1. The Balaban J connectivity index is 1.60. The van der Waals surface area contributed by atoms with Crippen molar-refractivity contribution in [2.75, 3.05) is 13.1 Å². The van der Waals surface area contributed by atoms with Crippen LogP contribution in [0.25, 0.3) is 0 Å². The van der Waals surface area contributed by atoms with Gasteiger partial charge in [-0.05, 0) is 25.7 Å². The van der Waals surface area contributed by atoms with Gasteiger partial charge in [0.25, 0.3) is 0 Å². The number of hydrogen-bond acceptors (Lipinski definition) is 1. The van der Waals surface area contributed by atoms with Crippen molar-refractivity contribution >= 4 is 0 Å². The number of nitrogens with one attached hydrogen (secondary N) is 1. The highest BCUT2D eigenvalue weighted by molar-refractivity contribution is 4.74. The van der Waals surface area contributed by atoms with Crippen LogP contribution >= 0.6 is 0 Å². The molecule has 0 amide bonds. The first-order valence-corrected chi connectivity index (χ1v) is 4.36. The van der Waals surface area contributed by atoms with Gasteiger partial charge < -0.3 is 10.3 Å². The van der Waals surface area contributed by atoms with Crippen molar-refractivity contribution in [3.8, 4) is 0 Å². The van der Waals surface area contributed by atoms with Crippen molar-refractivity contribution in [1.29, 1.82) is 0 Å². The highest BCUT2D eigenvalue weighted by atomic mass is 16.5. The van der Waals surface area contributed by atoms with E-state index in [-0.39, 0.29) is 0 Å². The Hall–Kier alpha value is -0.0800. The van der Waals surface area contributed by atoms with Gasteiger partial charge in [-0.2, -0.15) is 0 Å². The molecule has 0 spiro atoms. The summed E-state index contributed by atoms with van der Waals surface area (Å²) < 4.78 is 0. The predicted octanol–water partition coefficient (Wildman–Crippen LogP) is 0.189. The molecule has 0 saturated heterocycles. The van der Waals surface area contributed by atoms with Gasteiger partial charge in [-0.25, -0.2) is 0 Å². The van der Waals surface area contributed by atoms with E-state index in [0.29, 0.717) is 5.06 Å². The van der Waals surface area contributed by atoms with Crippen molar-refractivity contribution in [2.24, 2.45) is 11.8 Å². The lowest BCUT2D eigenvalue weighted by Crippen LogP contribution is -3.07. The highest BCUT2D eigenvalue weighted by Crippen LogP contribution is 2.28. The van der Waals surface area contributed by atoms with Crippen LogP contribution in [0.4, 0.5) is 0 Å². The normalized spacial score (nSPS) is 25.8. The Morgan fingerprint density at radius 1 is 1.00 bits per heavy atom. The average Bonchev–Trinajstić information content (AvgIpc) is 2.59. The molecule has 2 aliphatic rings. The first-order valence-electron chi connectivity index (χ1n) is 4.36. The topological polar surface area (TPSA) is 27.5 Å². The summed E-state index contributed by atoms with van der Waals surface area (Å²) in [6.45, 7) is 1.80. The molecule has 0 aromatic rings. The molecule has 2 nitrogen and oxygen atoms in total. The van der Waals surface area contributed by atoms with E-state index in [2.05, 4.69) is 0 Å². The third-order valence-corrected chi connectivity index (χ3v) is 2.43. The second kappa shape index (κ2) is 2.51. The van der Waals surface area contributed by atoms with Crippen molar-refractivity contribution in [3.05, 3.63) is 5.21 Å². The Bertz CT molecular complexity index is 104. The summed E-state index contributed by atoms with van der Waals surface area (Å²) in [7, 11) is 0. The van der Waals surface area contributed by atoms with Crippen LogP contribution in [0.15, 0.2) is 0 Å². The summed E-state index contributed by atoms with van der Waals surface area (Å²) in [4.78, 5) is 0. The molecule has 0 atom stereocenters. The van der Waals surface area contributed by atoms with Crippen molar-refractivity contribution in [2.45, 2.75) is 25.7 Å². The van der Waals surface area contributed by atoms with Crippen molar-refractivity contribution < 1.29 is 5.06 Å².